The lowest BCUT2D eigenvalue weighted by Crippen LogP contribution is -2.32. The van der Waals surface area contributed by atoms with Crippen molar-refractivity contribution in [2.45, 2.75) is 18.9 Å². The minimum atomic E-state index is -0.652. The van der Waals surface area contributed by atoms with Crippen LogP contribution in [0.25, 0.3) is 0 Å². The van der Waals surface area contributed by atoms with Crippen LogP contribution in [0.4, 0.5) is 14.5 Å². The van der Waals surface area contributed by atoms with Gasteiger partial charge in [0.15, 0.2) is 0 Å². The number of anilines is 1. The Labute approximate surface area is 106 Å². The topological polar surface area (TPSA) is 41.1 Å². The monoisotopic (exact) mass is 304 g/mol. The fourth-order valence-corrected chi connectivity index (χ4v) is 2.32. The van der Waals surface area contributed by atoms with E-state index in [1.54, 1.807) is 0 Å². The zero-order valence-electron chi connectivity index (χ0n) is 8.90. The average Bonchev–Trinajstić information content (AvgIpc) is 2.62. The molecule has 3 nitrogen and oxygen atoms in total. The molecular weight excluding hydrogens is 294 g/mol. The first kappa shape index (κ1) is 12.3. The Morgan fingerprint density at radius 3 is 2.82 bits per heavy atom. The summed E-state index contributed by atoms with van der Waals surface area (Å²) in [5.41, 5.74) is 0.215. The second-order valence-electron chi connectivity index (χ2n) is 3.93. The quantitative estimate of drug-likeness (QED) is 0.900. The Bertz CT molecular complexity index is 430. The maximum absolute atomic E-state index is 13.4. The van der Waals surface area contributed by atoms with Crippen LogP contribution in [0.2, 0.25) is 0 Å². The van der Waals surface area contributed by atoms with Crippen LogP contribution in [-0.2, 0) is 4.79 Å². The van der Waals surface area contributed by atoms with Crippen molar-refractivity contribution in [3.8, 4) is 0 Å². The summed E-state index contributed by atoms with van der Waals surface area (Å²) in [5, 5.41) is 5.63. The van der Waals surface area contributed by atoms with Gasteiger partial charge >= 0.3 is 0 Å². The molecule has 0 aliphatic carbocycles. The van der Waals surface area contributed by atoms with Gasteiger partial charge in [-0.3, -0.25) is 4.79 Å². The number of halogens is 3. The standard InChI is InChI=1S/C11H11BrF2N2O/c12-8-3-6(13)4-9(14)11(8)15-5-7-1-2-10(17)16-7/h3-4,7,15H,1-2,5H2,(H,16,17). The number of amides is 1. The molecule has 1 aliphatic rings. The molecular formula is C11H11BrF2N2O. The number of hydrogen-bond acceptors (Lipinski definition) is 2. The summed E-state index contributed by atoms with van der Waals surface area (Å²) in [6, 6.07) is 2.01. The van der Waals surface area contributed by atoms with Gasteiger partial charge in [-0.15, -0.1) is 0 Å². The van der Waals surface area contributed by atoms with E-state index in [0.29, 0.717) is 17.4 Å². The third kappa shape index (κ3) is 2.94. The zero-order valence-corrected chi connectivity index (χ0v) is 10.5. The van der Waals surface area contributed by atoms with Gasteiger partial charge < -0.3 is 10.6 Å². The molecule has 2 N–H and O–H groups in total. The number of carbonyl (C=O) groups excluding carboxylic acids is 1. The van der Waals surface area contributed by atoms with E-state index >= 15 is 0 Å². The Morgan fingerprint density at radius 2 is 2.24 bits per heavy atom. The van der Waals surface area contributed by atoms with Gasteiger partial charge in [-0.2, -0.15) is 0 Å². The third-order valence-corrected chi connectivity index (χ3v) is 3.24. The van der Waals surface area contributed by atoms with Crippen LogP contribution in [0.5, 0.6) is 0 Å². The number of hydrogen-bond donors (Lipinski definition) is 2. The van der Waals surface area contributed by atoms with Gasteiger partial charge in [-0.1, -0.05) is 0 Å². The first-order chi connectivity index (χ1) is 8.06. The molecule has 1 fully saturated rings. The number of carbonyl (C=O) groups is 1. The van der Waals surface area contributed by atoms with E-state index in [-0.39, 0.29) is 17.6 Å². The lowest BCUT2D eigenvalue weighted by molar-refractivity contribution is -0.119. The normalized spacial score (nSPS) is 19.2. The molecule has 92 valence electrons. The van der Waals surface area contributed by atoms with Gasteiger partial charge in [-0.25, -0.2) is 8.78 Å². The predicted octanol–water partition coefficient (Wildman–Crippen LogP) is 2.42. The van der Waals surface area contributed by atoms with Crippen LogP contribution in [0.3, 0.4) is 0 Å². The van der Waals surface area contributed by atoms with E-state index in [2.05, 4.69) is 26.6 Å². The van der Waals surface area contributed by atoms with E-state index in [1.807, 2.05) is 0 Å². The van der Waals surface area contributed by atoms with Gasteiger partial charge in [0, 0.05) is 29.5 Å². The van der Waals surface area contributed by atoms with E-state index < -0.39 is 11.6 Å². The molecule has 0 saturated carbocycles. The Kier molecular flexibility index (Phi) is 3.61. The second-order valence-corrected chi connectivity index (χ2v) is 4.78. The van der Waals surface area contributed by atoms with Gasteiger partial charge in [-0.05, 0) is 28.4 Å². The number of nitrogens with one attached hydrogen (secondary N) is 2. The molecule has 1 heterocycles. The molecule has 1 saturated heterocycles. The molecule has 1 aromatic carbocycles. The highest BCUT2D eigenvalue weighted by atomic mass is 79.9. The van der Waals surface area contributed by atoms with Crippen molar-refractivity contribution >= 4 is 27.5 Å². The molecule has 0 spiro atoms. The molecule has 0 bridgehead atoms. The van der Waals surface area contributed by atoms with Crippen molar-refractivity contribution in [3.05, 3.63) is 28.2 Å². The molecule has 1 amide bonds. The first-order valence-electron chi connectivity index (χ1n) is 5.24. The van der Waals surface area contributed by atoms with Crippen LogP contribution in [0, 0.1) is 11.6 Å². The third-order valence-electron chi connectivity index (χ3n) is 2.62. The zero-order chi connectivity index (χ0) is 12.4. The second kappa shape index (κ2) is 5.00. The molecule has 17 heavy (non-hydrogen) atoms. The highest BCUT2D eigenvalue weighted by Crippen LogP contribution is 2.27. The molecule has 1 aromatic rings. The summed E-state index contributed by atoms with van der Waals surface area (Å²) in [7, 11) is 0. The minimum absolute atomic E-state index is 0.00106. The van der Waals surface area contributed by atoms with E-state index in [1.165, 1.54) is 6.07 Å². The van der Waals surface area contributed by atoms with Crippen molar-refractivity contribution in [2.75, 3.05) is 11.9 Å². The number of benzene rings is 1. The van der Waals surface area contributed by atoms with Crippen LogP contribution in [-0.4, -0.2) is 18.5 Å². The number of rotatable bonds is 3. The summed E-state index contributed by atoms with van der Waals surface area (Å²) < 4.78 is 26.6. The van der Waals surface area contributed by atoms with Crippen LogP contribution in [0.15, 0.2) is 16.6 Å². The van der Waals surface area contributed by atoms with Gasteiger partial charge in [0.05, 0.1) is 5.69 Å². The average molecular weight is 305 g/mol. The van der Waals surface area contributed by atoms with E-state index in [9.17, 15) is 13.6 Å². The fraction of sp³-hybridized carbons (Fsp3) is 0.364. The van der Waals surface area contributed by atoms with E-state index in [4.69, 9.17) is 0 Å². The lowest BCUT2D eigenvalue weighted by Gasteiger charge is -2.14. The van der Waals surface area contributed by atoms with E-state index in [0.717, 1.165) is 12.5 Å². The summed E-state index contributed by atoms with van der Waals surface area (Å²) in [5.74, 6) is -1.27. The van der Waals surface area contributed by atoms with Crippen molar-refractivity contribution in [3.63, 3.8) is 0 Å². The Hall–Kier alpha value is -1.17. The largest absolute Gasteiger partial charge is 0.380 e. The van der Waals surface area contributed by atoms with Gasteiger partial charge in [0.2, 0.25) is 5.91 Å². The summed E-state index contributed by atoms with van der Waals surface area (Å²) >= 11 is 3.09. The van der Waals surface area contributed by atoms with Crippen molar-refractivity contribution in [1.82, 2.24) is 5.32 Å². The first-order valence-corrected chi connectivity index (χ1v) is 6.03. The molecule has 1 unspecified atom stereocenters. The van der Waals surface area contributed by atoms with Crippen LogP contribution in [0.1, 0.15) is 12.8 Å². The maximum Gasteiger partial charge on any atom is 0.220 e. The Balaban J connectivity index is 2.01. The summed E-state index contributed by atoms with van der Waals surface area (Å²) in [6.07, 6.45) is 1.23. The SMILES string of the molecule is O=C1CCC(CNc2c(F)cc(F)cc2Br)N1. The van der Waals surface area contributed by atoms with Crippen molar-refractivity contribution in [2.24, 2.45) is 0 Å². The molecule has 0 radical (unpaired) electrons. The minimum Gasteiger partial charge on any atom is -0.380 e. The van der Waals surface area contributed by atoms with Crippen molar-refractivity contribution in [1.29, 1.82) is 0 Å². The highest BCUT2D eigenvalue weighted by Gasteiger charge is 2.21. The summed E-state index contributed by atoms with van der Waals surface area (Å²) in [4.78, 5) is 11.0. The fourth-order valence-electron chi connectivity index (χ4n) is 1.77. The Morgan fingerprint density at radius 1 is 1.47 bits per heavy atom. The molecule has 1 atom stereocenters. The molecule has 0 aromatic heterocycles. The highest BCUT2D eigenvalue weighted by molar-refractivity contribution is 9.10. The maximum atomic E-state index is 13.4. The summed E-state index contributed by atoms with van der Waals surface area (Å²) in [6.45, 7) is 0.424. The van der Waals surface area contributed by atoms with Gasteiger partial charge in [0.1, 0.15) is 11.6 Å². The van der Waals surface area contributed by atoms with Crippen LogP contribution < -0.4 is 10.6 Å². The lowest BCUT2D eigenvalue weighted by atomic mass is 10.2. The molecule has 1 aliphatic heterocycles. The molecule has 2 rings (SSSR count). The van der Waals surface area contributed by atoms with Crippen LogP contribution >= 0.6 is 15.9 Å². The smallest absolute Gasteiger partial charge is 0.220 e. The van der Waals surface area contributed by atoms with Crippen molar-refractivity contribution < 1.29 is 13.6 Å². The predicted molar refractivity (Wildman–Crippen MR) is 63.7 cm³/mol. The van der Waals surface area contributed by atoms with Gasteiger partial charge in [0.25, 0.3) is 0 Å². The molecule has 6 heteroatoms.